The molecule has 0 spiro atoms. The Labute approximate surface area is 121 Å². The van der Waals surface area contributed by atoms with Gasteiger partial charge in [-0.25, -0.2) is 0 Å². The summed E-state index contributed by atoms with van der Waals surface area (Å²) in [6, 6.07) is 4.33. The van der Waals surface area contributed by atoms with E-state index in [1.54, 1.807) is 0 Å². The van der Waals surface area contributed by atoms with E-state index < -0.39 is 0 Å². The first-order valence-corrected chi connectivity index (χ1v) is 7.82. The summed E-state index contributed by atoms with van der Waals surface area (Å²) >= 11 is 0. The van der Waals surface area contributed by atoms with Crippen molar-refractivity contribution in [2.45, 2.75) is 51.6 Å². The molecule has 3 atom stereocenters. The number of aryl methyl sites for hydroxylation is 1. The fourth-order valence-electron chi connectivity index (χ4n) is 3.27. The molecule has 0 saturated carbocycles. The third-order valence-electron chi connectivity index (χ3n) is 4.41. The Morgan fingerprint density at radius 1 is 1.50 bits per heavy atom. The summed E-state index contributed by atoms with van der Waals surface area (Å²) in [5.41, 5.74) is 6.36. The van der Waals surface area contributed by atoms with Crippen molar-refractivity contribution < 1.29 is 9.52 Å². The molecule has 0 bridgehead atoms. The smallest absolute Gasteiger partial charge is 0.122 e. The van der Waals surface area contributed by atoms with Gasteiger partial charge in [0.05, 0.1) is 6.04 Å². The van der Waals surface area contributed by atoms with Crippen molar-refractivity contribution in [1.29, 1.82) is 0 Å². The van der Waals surface area contributed by atoms with Gasteiger partial charge in [-0.3, -0.25) is 4.90 Å². The van der Waals surface area contributed by atoms with Crippen molar-refractivity contribution >= 4 is 0 Å². The van der Waals surface area contributed by atoms with Gasteiger partial charge in [-0.2, -0.15) is 0 Å². The molecule has 1 saturated heterocycles. The third kappa shape index (κ3) is 3.62. The Morgan fingerprint density at radius 2 is 2.30 bits per heavy atom. The van der Waals surface area contributed by atoms with Crippen LogP contribution in [0.15, 0.2) is 16.5 Å². The molecule has 1 aliphatic heterocycles. The summed E-state index contributed by atoms with van der Waals surface area (Å²) in [6.45, 7) is 6.47. The molecule has 4 nitrogen and oxygen atoms in total. The van der Waals surface area contributed by atoms with E-state index in [-0.39, 0.29) is 18.7 Å². The lowest BCUT2D eigenvalue weighted by atomic mass is 9.91. The van der Waals surface area contributed by atoms with E-state index in [0.29, 0.717) is 5.92 Å². The van der Waals surface area contributed by atoms with Gasteiger partial charge < -0.3 is 15.3 Å². The van der Waals surface area contributed by atoms with Crippen LogP contribution in [0, 0.1) is 12.8 Å². The lowest BCUT2D eigenvalue weighted by molar-refractivity contribution is 0.0813. The predicted octanol–water partition coefficient (Wildman–Crippen LogP) is 2.46. The number of aliphatic hydroxyl groups is 1. The Bertz CT molecular complexity index is 403. The molecule has 2 heterocycles. The summed E-state index contributed by atoms with van der Waals surface area (Å²) in [5.74, 6) is 2.51. The molecule has 1 aliphatic rings. The van der Waals surface area contributed by atoms with Gasteiger partial charge in [-0.15, -0.1) is 0 Å². The molecule has 114 valence electrons. The van der Waals surface area contributed by atoms with Gasteiger partial charge >= 0.3 is 0 Å². The topological polar surface area (TPSA) is 62.6 Å². The second-order valence-corrected chi connectivity index (χ2v) is 5.98. The van der Waals surface area contributed by atoms with Crippen LogP contribution in [0.4, 0.5) is 0 Å². The van der Waals surface area contributed by atoms with E-state index in [1.165, 1.54) is 12.8 Å². The summed E-state index contributed by atoms with van der Waals surface area (Å²) in [7, 11) is 0. The van der Waals surface area contributed by atoms with Crippen LogP contribution in [0.25, 0.3) is 0 Å². The molecule has 0 amide bonds. The molecule has 1 aromatic rings. The number of hydrogen-bond acceptors (Lipinski definition) is 4. The van der Waals surface area contributed by atoms with Gasteiger partial charge in [-0.1, -0.05) is 6.92 Å². The number of rotatable bonds is 6. The van der Waals surface area contributed by atoms with Gasteiger partial charge in [0.2, 0.25) is 0 Å². The number of furan rings is 1. The molecule has 0 aliphatic carbocycles. The zero-order valence-corrected chi connectivity index (χ0v) is 12.7. The van der Waals surface area contributed by atoms with Crippen LogP contribution < -0.4 is 5.73 Å². The van der Waals surface area contributed by atoms with Crippen molar-refractivity contribution in [3.8, 4) is 0 Å². The van der Waals surface area contributed by atoms with Gasteiger partial charge in [-0.05, 0) is 57.2 Å². The highest BCUT2D eigenvalue weighted by Gasteiger charge is 2.31. The Morgan fingerprint density at radius 3 is 2.90 bits per heavy atom. The maximum Gasteiger partial charge on any atom is 0.122 e. The minimum atomic E-state index is 0.0911. The molecular formula is C16H28N2O2. The van der Waals surface area contributed by atoms with Crippen molar-refractivity contribution in [2.75, 3.05) is 19.7 Å². The minimum absolute atomic E-state index is 0.0911. The van der Waals surface area contributed by atoms with Crippen LogP contribution in [0.3, 0.4) is 0 Å². The predicted molar refractivity (Wildman–Crippen MR) is 80.5 cm³/mol. The standard InChI is InChI=1S/C16H28N2O2/c1-3-14(17)16(15-7-6-12(2)20-15)18-9-4-5-13(11-18)8-10-19/h6-7,13-14,16,19H,3-5,8-11,17H2,1-2H3. The van der Waals surface area contributed by atoms with E-state index in [4.69, 9.17) is 15.3 Å². The van der Waals surface area contributed by atoms with Crippen molar-refractivity contribution in [1.82, 2.24) is 4.90 Å². The second-order valence-electron chi connectivity index (χ2n) is 5.98. The lowest BCUT2D eigenvalue weighted by Gasteiger charge is -2.39. The number of hydrogen-bond donors (Lipinski definition) is 2. The largest absolute Gasteiger partial charge is 0.465 e. The minimum Gasteiger partial charge on any atom is -0.465 e. The first-order chi connectivity index (χ1) is 9.65. The molecule has 4 heteroatoms. The fraction of sp³-hybridized carbons (Fsp3) is 0.750. The number of likely N-dealkylation sites (tertiary alicyclic amines) is 1. The van der Waals surface area contributed by atoms with E-state index in [1.807, 2.05) is 13.0 Å². The third-order valence-corrected chi connectivity index (χ3v) is 4.41. The zero-order chi connectivity index (χ0) is 14.5. The second kappa shape index (κ2) is 7.25. The van der Waals surface area contributed by atoms with Crippen LogP contribution >= 0.6 is 0 Å². The van der Waals surface area contributed by atoms with Crippen LogP contribution in [0.5, 0.6) is 0 Å². The number of piperidine rings is 1. The van der Waals surface area contributed by atoms with Crippen LogP contribution in [0.2, 0.25) is 0 Å². The van der Waals surface area contributed by atoms with Crippen molar-refractivity contribution in [3.63, 3.8) is 0 Å². The molecule has 20 heavy (non-hydrogen) atoms. The molecule has 3 N–H and O–H groups in total. The first kappa shape index (κ1) is 15.5. The fourth-order valence-corrected chi connectivity index (χ4v) is 3.27. The summed E-state index contributed by atoms with van der Waals surface area (Å²) in [6.07, 6.45) is 4.22. The first-order valence-electron chi connectivity index (χ1n) is 7.82. The monoisotopic (exact) mass is 280 g/mol. The van der Waals surface area contributed by atoms with Crippen LogP contribution in [-0.4, -0.2) is 35.7 Å². The van der Waals surface area contributed by atoms with Crippen LogP contribution in [-0.2, 0) is 0 Å². The normalized spacial score (nSPS) is 23.7. The number of aliphatic hydroxyl groups excluding tert-OH is 1. The van der Waals surface area contributed by atoms with Crippen LogP contribution in [0.1, 0.15) is 50.2 Å². The Balaban J connectivity index is 2.14. The molecule has 1 fully saturated rings. The van der Waals surface area contributed by atoms with Crippen molar-refractivity contribution in [2.24, 2.45) is 11.7 Å². The molecular weight excluding hydrogens is 252 g/mol. The highest BCUT2D eigenvalue weighted by molar-refractivity contribution is 5.12. The summed E-state index contributed by atoms with van der Waals surface area (Å²) in [4.78, 5) is 2.45. The molecule has 1 aromatic heterocycles. The summed E-state index contributed by atoms with van der Waals surface area (Å²) < 4.78 is 5.85. The SMILES string of the molecule is CCC(N)C(c1ccc(C)o1)N1CCCC(CCO)C1. The molecule has 0 radical (unpaired) electrons. The van der Waals surface area contributed by atoms with E-state index in [9.17, 15) is 0 Å². The van der Waals surface area contributed by atoms with Gasteiger partial charge in [0.1, 0.15) is 11.5 Å². The zero-order valence-electron chi connectivity index (χ0n) is 12.7. The maximum atomic E-state index is 9.16. The Kier molecular flexibility index (Phi) is 5.64. The van der Waals surface area contributed by atoms with E-state index >= 15 is 0 Å². The lowest BCUT2D eigenvalue weighted by Crippen LogP contribution is -2.45. The quantitative estimate of drug-likeness (QED) is 0.840. The van der Waals surface area contributed by atoms with Gasteiger partial charge in [0, 0.05) is 19.2 Å². The van der Waals surface area contributed by atoms with E-state index in [2.05, 4.69) is 17.9 Å². The average molecular weight is 280 g/mol. The number of nitrogens with two attached hydrogens (primary N) is 1. The highest BCUT2D eigenvalue weighted by Crippen LogP contribution is 2.31. The molecule has 2 rings (SSSR count). The van der Waals surface area contributed by atoms with Gasteiger partial charge in [0.25, 0.3) is 0 Å². The maximum absolute atomic E-state index is 9.16. The number of nitrogens with zero attached hydrogens (tertiary/aromatic N) is 1. The summed E-state index contributed by atoms with van der Waals surface area (Å²) in [5, 5.41) is 9.16. The van der Waals surface area contributed by atoms with Gasteiger partial charge in [0.15, 0.2) is 0 Å². The average Bonchev–Trinajstić information content (AvgIpc) is 2.86. The molecule has 3 unspecified atom stereocenters. The van der Waals surface area contributed by atoms with Crippen molar-refractivity contribution in [3.05, 3.63) is 23.7 Å². The Hall–Kier alpha value is -0.840. The highest BCUT2D eigenvalue weighted by atomic mass is 16.3. The molecule has 0 aromatic carbocycles. The van der Waals surface area contributed by atoms with E-state index in [0.717, 1.165) is 37.5 Å².